The zero-order chi connectivity index (χ0) is 9.40. The molecule has 0 amide bonds. The summed E-state index contributed by atoms with van der Waals surface area (Å²) < 4.78 is 0. The molecule has 0 saturated heterocycles. The van der Waals surface area contributed by atoms with E-state index in [2.05, 4.69) is 5.16 Å². The average molecular weight is 165 g/mol. The lowest BCUT2D eigenvalue weighted by Gasteiger charge is -2.08. The topological polar surface area (TPSA) is 69.2 Å². The molecular weight excluding hydrogens is 154 g/mol. The summed E-state index contributed by atoms with van der Waals surface area (Å²) in [6, 6.07) is 3.24. The summed E-state index contributed by atoms with van der Waals surface area (Å²) in [4.78, 5) is 4.93. The molecule has 0 aromatic carbocycles. The van der Waals surface area contributed by atoms with Crippen molar-refractivity contribution in [2.45, 2.75) is 32.8 Å². The molecular formula is C8H11N3O. The second-order valence-corrected chi connectivity index (χ2v) is 2.21. The van der Waals surface area contributed by atoms with E-state index >= 15 is 0 Å². The predicted molar refractivity (Wildman–Crippen MR) is 44.1 cm³/mol. The second-order valence-electron chi connectivity index (χ2n) is 2.21. The molecule has 0 atom stereocenters. The van der Waals surface area contributed by atoms with Crippen LogP contribution in [0.15, 0.2) is 5.16 Å². The quantitative estimate of drug-likeness (QED) is 0.469. The van der Waals surface area contributed by atoms with Crippen LogP contribution in [-0.4, -0.2) is 11.8 Å². The van der Waals surface area contributed by atoms with Gasteiger partial charge in [0, 0.05) is 0 Å². The summed E-state index contributed by atoms with van der Waals surface area (Å²) in [5, 5.41) is 20.0. The molecule has 12 heavy (non-hydrogen) atoms. The van der Waals surface area contributed by atoms with E-state index in [-0.39, 0.29) is 11.8 Å². The molecule has 0 unspecified atom stereocenters. The molecule has 0 N–H and O–H groups in total. The maximum atomic E-state index is 8.30. The smallest absolute Gasteiger partial charge is 0.256 e. The van der Waals surface area contributed by atoms with Gasteiger partial charge < -0.3 is 4.84 Å². The van der Waals surface area contributed by atoms with Gasteiger partial charge in [-0.15, -0.1) is 0 Å². The molecule has 0 aromatic heterocycles. The number of nitriles is 2. The molecule has 0 radical (unpaired) electrons. The Bertz CT molecular complexity index is 214. The molecule has 4 heteroatoms. The van der Waals surface area contributed by atoms with Crippen LogP contribution in [0.3, 0.4) is 0 Å². The lowest BCUT2D eigenvalue weighted by Crippen LogP contribution is -2.07. The Morgan fingerprint density at radius 2 is 1.83 bits per heavy atom. The van der Waals surface area contributed by atoms with Crippen LogP contribution in [0.25, 0.3) is 0 Å². The normalized spacial score (nSPS) is 8.42. The van der Waals surface area contributed by atoms with E-state index in [1.165, 1.54) is 0 Å². The SMILES string of the molecule is CCC(CC)ON=C(C#N)C#N. The Kier molecular flexibility index (Phi) is 5.38. The van der Waals surface area contributed by atoms with Crippen molar-refractivity contribution in [2.24, 2.45) is 5.16 Å². The van der Waals surface area contributed by atoms with E-state index in [0.717, 1.165) is 12.8 Å². The molecule has 0 rings (SSSR count). The van der Waals surface area contributed by atoms with Gasteiger partial charge in [-0.05, 0) is 12.8 Å². The van der Waals surface area contributed by atoms with Crippen LogP contribution in [0.5, 0.6) is 0 Å². The van der Waals surface area contributed by atoms with Crippen LogP contribution in [0, 0.1) is 22.7 Å². The van der Waals surface area contributed by atoms with E-state index < -0.39 is 0 Å². The van der Waals surface area contributed by atoms with Crippen molar-refractivity contribution >= 4 is 5.71 Å². The zero-order valence-electron chi connectivity index (χ0n) is 7.24. The van der Waals surface area contributed by atoms with Crippen LogP contribution in [0.1, 0.15) is 26.7 Å². The van der Waals surface area contributed by atoms with Gasteiger partial charge in [0.25, 0.3) is 5.71 Å². The van der Waals surface area contributed by atoms with Crippen molar-refractivity contribution in [1.29, 1.82) is 10.5 Å². The van der Waals surface area contributed by atoms with Gasteiger partial charge >= 0.3 is 0 Å². The van der Waals surface area contributed by atoms with Gasteiger partial charge in [-0.3, -0.25) is 0 Å². The highest BCUT2D eigenvalue weighted by molar-refractivity contribution is 6.09. The van der Waals surface area contributed by atoms with Gasteiger partial charge in [0.2, 0.25) is 0 Å². The molecule has 0 saturated carbocycles. The first-order valence-electron chi connectivity index (χ1n) is 3.82. The third-order valence-electron chi connectivity index (χ3n) is 1.42. The summed E-state index contributed by atoms with van der Waals surface area (Å²) in [7, 11) is 0. The Morgan fingerprint density at radius 3 is 2.17 bits per heavy atom. The van der Waals surface area contributed by atoms with E-state index in [4.69, 9.17) is 15.4 Å². The number of hydrogen-bond acceptors (Lipinski definition) is 4. The van der Waals surface area contributed by atoms with Crippen molar-refractivity contribution in [3.05, 3.63) is 0 Å². The Labute approximate surface area is 72.0 Å². The maximum Gasteiger partial charge on any atom is 0.256 e. The third-order valence-corrected chi connectivity index (χ3v) is 1.42. The molecule has 0 spiro atoms. The van der Waals surface area contributed by atoms with Crippen LogP contribution in [0.4, 0.5) is 0 Å². The first kappa shape index (κ1) is 10.4. The molecule has 0 aromatic rings. The lowest BCUT2D eigenvalue weighted by atomic mass is 10.2. The molecule has 4 nitrogen and oxygen atoms in total. The number of oxime groups is 1. The first-order chi connectivity index (χ1) is 5.78. The fourth-order valence-corrected chi connectivity index (χ4v) is 0.631. The summed E-state index contributed by atoms with van der Waals surface area (Å²) in [5.74, 6) is 0. The van der Waals surface area contributed by atoms with Crippen LogP contribution in [0.2, 0.25) is 0 Å². The largest absolute Gasteiger partial charge is 0.391 e. The van der Waals surface area contributed by atoms with Crippen molar-refractivity contribution < 1.29 is 4.84 Å². The lowest BCUT2D eigenvalue weighted by molar-refractivity contribution is 0.0544. The zero-order valence-corrected chi connectivity index (χ0v) is 7.24. The number of rotatable bonds is 4. The monoisotopic (exact) mass is 165 g/mol. The summed E-state index contributed by atoms with van der Waals surface area (Å²) in [6.07, 6.45) is 1.65. The standard InChI is InChI=1S/C8H11N3O/c1-3-8(4-2)12-11-7(5-9)6-10/h8H,3-4H2,1-2H3. The molecule has 0 heterocycles. The first-order valence-corrected chi connectivity index (χ1v) is 3.82. The highest BCUT2D eigenvalue weighted by Crippen LogP contribution is 2.02. The Morgan fingerprint density at radius 1 is 1.33 bits per heavy atom. The molecule has 0 fully saturated rings. The van der Waals surface area contributed by atoms with Gasteiger partial charge in [0.15, 0.2) is 0 Å². The van der Waals surface area contributed by atoms with Gasteiger partial charge in [-0.1, -0.05) is 19.0 Å². The van der Waals surface area contributed by atoms with Crippen molar-refractivity contribution in [3.8, 4) is 12.1 Å². The van der Waals surface area contributed by atoms with E-state index in [1.807, 2.05) is 13.8 Å². The van der Waals surface area contributed by atoms with Gasteiger partial charge in [0.1, 0.15) is 18.2 Å². The van der Waals surface area contributed by atoms with Crippen LogP contribution >= 0.6 is 0 Å². The predicted octanol–water partition coefficient (Wildman–Crippen LogP) is 1.59. The van der Waals surface area contributed by atoms with Crippen molar-refractivity contribution in [2.75, 3.05) is 0 Å². The van der Waals surface area contributed by atoms with Crippen molar-refractivity contribution in [1.82, 2.24) is 0 Å². The Hall–Kier alpha value is -1.55. The molecule has 0 aliphatic rings. The molecule has 0 aliphatic carbocycles. The second kappa shape index (κ2) is 6.18. The fourth-order valence-electron chi connectivity index (χ4n) is 0.631. The summed E-state index contributed by atoms with van der Waals surface area (Å²) >= 11 is 0. The minimum atomic E-state index is -0.234. The maximum absolute atomic E-state index is 8.30. The van der Waals surface area contributed by atoms with Gasteiger partial charge in [-0.25, -0.2) is 0 Å². The Balaban J connectivity index is 4.03. The van der Waals surface area contributed by atoms with Gasteiger partial charge in [-0.2, -0.15) is 10.5 Å². The third kappa shape index (κ3) is 3.58. The molecule has 0 bridgehead atoms. The highest BCUT2D eigenvalue weighted by atomic mass is 16.6. The van der Waals surface area contributed by atoms with Crippen LogP contribution in [-0.2, 0) is 4.84 Å². The molecule has 64 valence electrons. The van der Waals surface area contributed by atoms with Crippen LogP contribution < -0.4 is 0 Å². The molecule has 0 aliphatic heterocycles. The minimum absolute atomic E-state index is 0.00157. The van der Waals surface area contributed by atoms with E-state index in [9.17, 15) is 0 Å². The fraction of sp³-hybridized carbons (Fsp3) is 0.625. The summed E-state index contributed by atoms with van der Waals surface area (Å²) in [5.41, 5.74) is -0.234. The van der Waals surface area contributed by atoms with Gasteiger partial charge in [0.05, 0.1) is 0 Å². The average Bonchev–Trinajstić information content (AvgIpc) is 2.13. The van der Waals surface area contributed by atoms with E-state index in [1.54, 1.807) is 12.1 Å². The summed E-state index contributed by atoms with van der Waals surface area (Å²) in [6.45, 7) is 3.92. The number of hydrogen-bond donors (Lipinski definition) is 0. The minimum Gasteiger partial charge on any atom is -0.391 e. The van der Waals surface area contributed by atoms with E-state index in [0.29, 0.717) is 0 Å². The number of nitrogens with zero attached hydrogens (tertiary/aromatic N) is 3. The van der Waals surface area contributed by atoms with Crippen molar-refractivity contribution in [3.63, 3.8) is 0 Å². The highest BCUT2D eigenvalue weighted by Gasteiger charge is 2.03.